The van der Waals surface area contributed by atoms with Gasteiger partial charge in [-0.1, -0.05) is 12.1 Å². The van der Waals surface area contributed by atoms with Crippen molar-refractivity contribution in [2.75, 3.05) is 6.61 Å². The highest BCUT2D eigenvalue weighted by atomic mass is 16.5. The lowest BCUT2D eigenvalue weighted by Gasteiger charge is -2.03. The van der Waals surface area contributed by atoms with E-state index in [1.54, 1.807) is 18.2 Å². The largest absolute Gasteiger partial charge is 0.507 e. The fourth-order valence-electron chi connectivity index (χ4n) is 1.99. The number of rotatable bonds is 2. The minimum absolute atomic E-state index is 0.0158. The third-order valence-electron chi connectivity index (χ3n) is 2.88. The highest BCUT2D eigenvalue weighted by molar-refractivity contribution is 5.62. The van der Waals surface area contributed by atoms with Crippen LogP contribution in [0, 0.1) is 0 Å². The normalized spacial score (nSPS) is 19.6. The lowest BCUT2D eigenvalue weighted by atomic mass is 10.2. The lowest BCUT2D eigenvalue weighted by molar-refractivity contribution is 0.105. The number of benzene rings is 1. The molecule has 5 nitrogen and oxygen atoms in total. The van der Waals surface area contributed by atoms with Gasteiger partial charge >= 0.3 is 0 Å². The predicted octanol–water partition coefficient (Wildman–Crippen LogP) is 2.03. The molecule has 1 aliphatic heterocycles. The number of aromatic amines is 1. The quantitative estimate of drug-likeness (QED) is 0.829. The summed E-state index contributed by atoms with van der Waals surface area (Å²) in [5.41, 5.74) is 0.632. The van der Waals surface area contributed by atoms with E-state index in [1.807, 2.05) is 6.07 Å². The molecule has 0 radical (unpaired) electrons. The second-order valence-electron chi connectivity index (χ2n) is 4.06. The minimum Gasteiger partial charge on any atom is -0.507 e. The van der Waals surface area contributed by atoms with Gasteiger partial charge in [-0.3, -0.25) is 5.10 Å². The summed E-state index contributed by atoms with van der Waals surface area (Å²) in [6, 6.07) is 7.03. The van der Waals surface area contributed by atoms with Crippen molar-refractivity contribution in [1.82, 2.24) is 15.2 Å². The van der Waals surface area contributed by atoms with Gasteiger partial charge < -0.3 is 9.84 Å². The average molecular weight is 231 g/mol. The summed E-state index contributed by atoms with van der Waals surface area (Å²) in [6.07, 6.45) is 2.04. The number of ether oxygens (including phenoxy) is 1. The Labute approximate surface area is 98.5 Å². The Morgan fingerprint density at radius 1 is 1.35 bits per heavy atom. The molecule has 1 aromatic carbocycles. The fourth-order valence-corrected chi connectivity index (χ4v) is 1.99. The molecule has 1 aliphatic rings. The van der Waals surface area contributed by atoms with E-state index in [9.17, 15) is 5.11 Å². The zero-order valence-corrected chi connectivity index (χ0v) is 9.26. The number of aromatic nitrogens is 3. The summed E-state index contributed by atoms with van der Waals surface area (Å²) in [6.45, 7) is 0.775. The molecule has 5 heteroatoms. The monoisotopic (exact) mass is 231 g/mol. The van der Waals surface area contributed by atoms with Crippen LogP contribution in [0.5, 0.6) is 5.75 Å². The third kappa shape index (κ3) is 1.89. The van der Waals surface area contributed by atoms with E-state index < -0.39 is 0 Å². The van der Waals surface area contributed by atoms with Crippen molar-refractivity contribution in [2.24, 2.45) is 0 Å². The van der Waals surface area contributed by atoms with Crippen LogP contribution in [0.3, 0.4) is 0 Å². The van der Waals surface area contributed by atoms with Crippen molar-refractivity contribution in [3.8, 4) is 17.1 Å². The van der Waals surface area contributed by atoms with Gasteiger partial charge in [-0.2, -0.15) is 5.10 Å². The van der Waals surface area contributed by atoms with Gasteiger partial charge in [0.2, 0.25) is 0 Å². The van der Waals surface area contributed by atoms with Gasteiger partial charge in [0.05, 0.1) is 5.56 Å². The minimum atomic E-state index is 0.0158. The van der Waals surface area contributed by atoms with Crippen LogP contribution in [-0.4, -0.2) is 26.9 Å². The molecule has 2 N–H and O–H groups in total. The van der Waals surface area contributed by atoms with E-state index in [2.05, 4.69) is 15.2 Å². The number of hydrogen-bond acceptors (Lipinski definition) is 4. The molecule has 1 saturated heterocycles. The zero-order chi connectivity index (χ0) is 11.7. The third-order valence-corrected chi connectivity index (χ3v) is 2.88. The van der Waals surface area contributed by atoms with E-state index in [4.69, 9.17) is 4.74 Å². The summed E-state index contributed by atoms with van der Waals surface area (Å²) in [4.78, 5) is 4.37. The number of nitrogens with one attached hydrogen (secondary N) is 1. The Balaban J connectivity index is 1.92. The van der Waals surface area contributed by atoms with E-state index in [0.717, 1.165) is 25.3 Å². The van der Waals surface area contributed by atoms with E-state index in [-0.39, 0.29) is 11.9 Å². The molecule has 0 unspecified atom stereocenters. The SMILES string of the molecule is Oc1ccccc1-c1n[nH]c([C@H]2CCCO2)n1. The predicted molar refractivity (Wildman–Crippen MR) is 61.4 cm³/mol. The van der Waals surface area contributed by atoms with Crippen molar-refractivity contribution < 1.29 is 9.84 Å². The average Bonchev–Trinajstić information content (AvgIpc) is 3.00. The number of H-pyrrole nitrogens is 1. The molecule has 3 rings (SSSR count). The van der Waals surface area contributed by atoms with Gasteiger partial charge in [0.25, 0.3) is 0 Å². The first-order chi connectivity index (χ1) is 8.34. The van der Waals surface area contributed by atoms with E-state index >= 15 is 0 Å². The van der Waals surface area contributed by atoms with Crippen LogP contribution in [0.15, 0.2) is 24.3 Å². The first kappa shape index (κ1) is 10.3. The molecule has 17 heavy (non-hydrogen) atoms. The van der Waals surface area contributed by atoms with E-state index in [1.165, 1.54) is 0 Å². The molecule has 0 spiro atoms. The molecule has 0 bridgehead atoms. The van der Waals surface area contributed by atoms with Gasteiger partial charge in [-0.25, -0.2) is 4.98 Å². The molecule has 0 saturated carbocycles. The van der Waals surface area contributed by atoms with Gasteiger partial charge in [-0.15, -0.1) is 0 Å². The Bertz CT molecular complexity index is 518. The van der Waals surface area contributed by atoms with Gasteiger partial charge in [-0.05, 0) is 25.0 Å². The molecule has 88 valence electrons. The second-order valence-corrected chi connectivity index (χ2v) is 4.06. The summed E-state index contributed by atoms with van der Waals surface area (Å²) in [7, 11) is 0. The van der Waals surface area contributed by atoms with Crippen LogP contribution < -0.4 is 0 Å². The summed E-state index contributed by atoms with van der Waals surface area (Å²) >= 11 is 0. The maximum Gasteiger partial charge on any atom is 0.184 e. The number of nitrogens with zero attached hydrogens (tertiary/aromatic N) is 2. The molecular weight excluding hydrogens is 218 g/mol. The topological polar surface area (TPSA) is 71.0 Å². The van der Waals surface area contributed by atoms with Gasteiger partial charge in [0, 0.05) is 6.61 Å². The maximum absolute atomic E-state index is 9.71. The Morgan fingerprint density at radius 2 is 2.24 bits per heavy atom. The van der Waals surface area contributed by atoms with Gasteiger partial charge in [0.15, 0.2) is 11.6 Å². The molecule has 0 aliphatic carbocycles. The summed E-state index contributed by atoms with van der Waals surface area (Å²) in [5.74, 6) is 1.43. The summed E-state index contributed by atoms with van der Waals surface area (Å²) in [5, 5.41) is 16.7. The molecule has 2 heterocycles. The number of para-hydroxylation sites is 1. The molecule has 1 atom stereocenters. The Kier molecular flexibility index (Phi) is 2.53. The number of phenols is 1. The first-order valence-electron chi connectivity index (χ1n) is 5.67. The molecule has 0 amide bonds. The van der Waals surface area contributed by atoms with Crippen LogP contribution in [0.25, 0.3) is 11.4 Å². The molecule has 1 aromatic heterocycles. The van der Waals surface area contributed by atoms with Crippen molar-refractivity contribution in [1.29, 1.82) is 0 Å². The second kappa shape index (κ2) is 4.18. The first-order valence-corrected chi connectivity index (χ1v) is 5.67. The zero-order valence-electron chi connectivity index (χ0n) is 9.26. The van der Waals surface area contributed by atoms with Crippen molar-refractivity contribution in [3.05, 3.63) is 30.1 Å². The standard InChI is InChI=1S/C12H13N3O2/c16-9-5-2-1-4-8(9)11-13-12(15-14-11)10-6-3-7-17-10/h1-2,4-5,10,16H,3,6-7H2,(H,13,14,15)/t10-/m1/s1. The molecular formula is C12H13N3O2. The maximum atomic E-state index is 9.71. The van der Waals surface area contributed by atoms with Crippen LogP contribution in [-0.2, 0) is 4.74 Å². The Morgan fingerprint density at radius 3 is 3.00 bits per heavy atom. The van der Waals surface area contributed by atoms with Crippen molar-refractivity contribution in [3.63, 3.8) is 0 Å². The lowest BCUT2D eigenvalue weighted by Crippen LogP contribution is -1.97. The fraction of sp³-hybridized carbons (Fsp3) is 0.333. The number of aromatic hydroxyl groups is 1. The smallest absolute Gasteiger partial charge is 0.184 e. The van der Waals surface area contributed by atoms with Crippen LogP contribution in [0.1, 0.15) is 24.8 Å². The highest BCUT2D eigenvalue weighted by Crippen LogP contribution is 2.29. The van der Waals surface area contributed by atoms with Crippen LogP contribution >= 0.6 is 0 Å². The van der Waals surface area contributed by atoms with Crippen molar-refractivity contribution in [2.45, 2.75) is 18.9 Å². The van der Waals surface area contributed by atoms with Gasteiger partial charge in [0.1, 0.15) is 11.9 Å². The molecule has 2 aromatic rings. The summed E-state index contributed by atoms with van der Waals surface area (Å²) < 4.78 is 5.52. The van der Waals surface area contributed by atoms with E-state index in [0.29, 0.717) is 11.4 Å². The highest BCUT2D eigenvalue weighted by Gasteiger charge is 2.22. The van der Waals surface area contributed by atoms with Crippen LogP contribution in [0.2, 0.25) is 0 Å². The number of phenolic OH excluding ortho intramolecular Hbond substituents is 1. The molecule has 1 fully saturated rings. The van der Waals surface area contributed by atoms with Crippen molar-refractivity contribution >= 4 is 0 Å². The number of hydrogen-bond donors (Lipinski definition) is 2. The van der Waals surface area contributed by atoms with Crippen LogP contribution in [0.4, 0.5) is 0 Å². The Hall–Kier alpha value is -1.88.